The van der Waals surface area contributed by atoms with E-state index in [1.807, 2.05) is 6.07 Å². The van der Waals surface area contributed by atoms with Gasteiger partial charge in [0.15, 0.2) is 0 Å². The van der Waals surface area contributed by atoms with Crippen molar-refractivity contribution < 1.29 is 9.90 Å². The van der Waals surface area contributed by atoms with Crippen LogP contribution in [0.1, 0.15) is 12.1 Å². The van der Waals surface area contributed by atoms with E-state index < -0.39 is 0 Å². The van der Waals surface area contributed by atoms with E-state index >= 15 is 0 Å². The van der Waals surface area contributed by atoms with Gasteiger partial charge in [0.2, 0.25) is 5.91 Å². The Morgan fingerprint density at radius 2 is 2.35 bits per heavy atom. The maximum absolute atomic E-state index is 11.9. The van der Waals surface area contributed by atoms with E-state index in [0.717, 1.165) is 16.6 Å². The van der Waals surface area contributed by atoms with Gasteiger partial charge in [-0.25, -0.2) is 4.98 Å². The van der Waals surface area contributed by atoms with E-state index in [4.69, 9.17) is 5.11 Å². The molecule has 0 radical (unpaired) electrons. The maximum Gasteiger partial charge on any atom is 0.228 e. The quantitative estimate of drug-likeness (QED) is 0.776. The van der Waals surface area contributed by atoms with Gasteiger partial charge in [-0.3, -0.25) is 14.8 Å². The molecule has 0 atom stereocenters. The maximum atomic E-state index is 11.9. The number of aryl methyl sites for hydroxylation is 1. The molecule has 0 unspecified atom stereocenters. The fourth-order valence-electron chi connectivity index (χ4n) is 2.21. The van der Waals surface area contributed by atoms with E-state index in [9.17, 15) is 4.79 Å². The van der Waals surface area contributed by atoms with Crippen molar-refractivity contribution in [2.24, 2.45) is 0 Å². The molecule has 0 spiro atoms. The first-order chi connectivity index (χ1) is 8.31. The highest BCUT2D eigenvalue weighted by atomic mass is 16.3. The highest BCUT2D eigenvalue weighted by Gasteiger charge is 2.25. The van der Waals surface area contributed by atoms with Crippen molar-refractivity contribution in [2.45, 2.75) is 12.8 Å². The molecule has 0 fully saturated rings. The third kappa shape index (κ3) is 1.49. The Balaban J connectivity index is 2.24. The van der Waals surface area contributed by atoms with Crippen molar-refractivity contribution in [2.75, 3.05) is 18.1 Å². The number of hydrogen-bond acceptors (Lipinski definition) is 4. The van der Waals surface area contributed by atoms with Gasteiger partial charge in [-0.1, -0.05) is 0 Å². The van der Waals surface area contributed by atoms with Crippen LogP contribution in [0.2, 0.25) is 0 Å². The molecule has 1 amide bonds. The number of aliphatic hydroxyl groups is 1. The predicted octanol–water partition coefficient (Wildman–Crippen LogP) is 0.229. The molecule has 0 aromatic carbocycles. The molecule has 0 saturated heterocycles. The molecule has 0 aliphatic carbocycles. The number of H-pyrrole nitrogens is 1. The highest BCUT2D eigenvalue weighted by Crippen LogP contribution is 2.29. The van der Waals surface area contributed by atoms with Crippen molar-refractivity contribution >= 4 is 22.6 Å². The number of carbonyl (C=O) groups is 1. The monoisotopic (exact) mass is 232 g/mol. The number of anilines is 1. The number of carbonyl (C=O) groups excluding carboxylic acids is 1. The lowest BCUT2D eigenvalue weighted by Crippen LogP contribution is -2.33. The summed E-state index contributed by atoms with van der Waals surface area (Å²) in [5, 5.41) is 17.1. The Hall–Kier alpha value is -1.95. The summed E-state index contributed by atoms with van der Waals surface area (Å²) in [4.78, 5) is 17.7. The Morgan fingerprint density at radius 3 is 3.18 bits per heavy atom. The fourth-order valence-corrected chi connectivity index (χ4v) is 2.21. The van der Waals surface area contributed by atoms with E-state index in [2.05, 4.69) is 15.2 Å². The van der Waals surface area contributed by atoms with Crippen LogP contribution in [0.5, 0.6) is 0 Å². The van der Waals surface area contributed by atoms with Crippen LogP contribution >= 0.6 is 0 Å². The average Bonchev–Trinajstić information content (AvgIpc) is 2.70. The second-order valence-corrected chi connectivity index (χ2v) is 4.00. The summed E-state index contributed by atoms with van der Waals surface area (Å²) >= 11 is 0. The van der Waals surface area contributed by atoms with Gasteiger partial charge in [0.25, 0.3) is 0 Å². The second-order valence-electron chi connectivity index (χ2n) is 4.00. The van der Waals surface area contributed by atoms with E-state index in [1.165, 1.54) is 4.90 Å². The number of nitrogens with zero attached hydrogens (tertiary/aromatic N) is 3. The largest absolute Gasteiger partial charge is 0.395 e. The first-order valence-corrected chi connectivity index (χ1v) is 5.54. The molecular formula is C11H12N4O2. The zero-order valence-corrected chi connectivity index (χ0v) is 9.18. The summed E-state index contributed by atoms with van der Waals surface area (Å²) in [6, 6.07) is 1.84. The van der Waals surface area contributed by atoms with Crippen molar-refractivity contribution in [3.63, 3.8) is 0 Å². The topological polar surface area (TPSA) is 82.1 Å². The van der Waals surface area contributed by atoms with E-state index in [1.54, 1.807) is 6.20 Å². The van der Waals surface area contributed by atoms with Crippen molar-refractivity contribution in [3.8, 4) is 0 Å². The lowest BCUT2D eigenvalue weighted by Gasteiger charge is -2.19. The zero-order chi connectivity index (χ0) is 11.8. The van der Waals surface area contributed by atoms with E-state index in [-0.39, 0.29) is 19.1 Å². The Morgan fingerprint density at radius 1 is 1.47 bits per heavy atom. The van der Waals surface area contributed by atoms with Gasteiger partial charge < -0.3 is 5.11 Å². The van der Waals surface area contributed by atoms with E-state index in [0.29, 0.717) is 18.7 Å². The summed E-state index contributed by atoms with van der Waals surface area (Å²) in [5.74, 6) is 0.583. The molecular weight excluding hydrogens is 220 g/mol. The number of aromatic amines is 1. The van der Waals surface area contributed by atoms with Crippen molar-refractivity contribution in [1.82, 2.24) is 15.2 Å². The molecule has 17 heavy (non-hydrogen) atoms. The Kier molecular flexibility index (Phi) is 2.29. The first kappa shape index (κ1) is 10.2. The lowest BCUT2D eigenvalue weighted by molar-refractivity contribution is -0.118. The minimum atomic E-state index is -0.0724. The van der Waals surface area contributed by atoms with Crippen LogP contribution in [0.4, 0.5) is 5.82 Å². The second kappa shape index (κ2) is 3.81. The van der Waals surface area contributed by atoms with Gasteiger partial charge in [0.1, 0.15) is 5.82 Å². The Bertz CT molecular complexity index is 578. The summed E-state index contributed by atoms with van der Waals surface area (Å²) in [5.41, 5.74) is 1.75. The molecule has 6 heteroatoms. The van der Waals surface area contributed by atoms with Gasteiger partial charge in [-0.05, 0) is 6.07 Å². The number of pyridine rings is 1. The lowest BCUT2D eigenvalue weighted by atomic mass is 10.2. The number of amides is 1. The number of aromatic nitrogens is 3. The van der Waals surface area contributed by atoms with Crippen LogP contribution in [0, 0.1) is 0 Å². The number of β-amino-alcohol motifs (C(OH)–C–C–N with tert-alkyl or cyclic N) is 1. The fraction of sp³-hybridized carbons (Fsp3) is 0.364. The van der Waals surface area contributed by atoms with Crippen LogP contribution < -0.4 is 4.90 Å². The highest BCUT2D eigenvalue weighted by molar-refractivity contribution is 6.03. The molecule has 2 aromatic heterocycles. The summed E-state index contributed by atoms with van der Waals surface area (Å²) in [6.07, 6.45) is 2.65. The third-order valence-corrected chi connectivity index (χ3v) is 2.99. The Labute approximate surface area is 97.3 Å². The molecule has 1 aliphatic rings. The minimum Gasteiger partial charge on any atom is -0.395 e. The van der Waals surface area contributed by atoms with Crippen LogP contribution in [0.3, 0.4) is 0 Å². The molecule has 3 rings (SSSR count). The summed E-state index contributed by atoms with van der Waals surface area (Å²) in [6.45, 7) is 0.201. The normalized spacial score (nSPS) is 15.4. The molecule has 0 bridgehead atoms. The molecule has 2 N–H and O–H groups in total. The molecule has 88 valence electrons. The minimum absolute atomic E-state index is 0.0166. The summed E-state index contributed by atoms with van der Waals surface area (Å²) < 4.78 is 0. The standard InChI is InChI=1S/C11H12N4O2/c16-6-5-15-9(17)2-1-7-10-8(14-13-7)3-4-12-11(10)15/h3-4,16H,1-2,5-6H2,(H,13,14). The average molecular weight is 232 g/mol. The smallest absolute Gasteiger partial charge is 0.228 e. The SMILES string of the molecule is O=C1CCc2n[nH]c3ccnc(c23)N1CCO. The molecule has 2 aromatic rings. The van der Waals surface area contributed by atoms with Gasteiger partial charge >= 0.3 is 0 Å². The number of hydrogen-bond donors (Lipinski definition) is 2. The number of aliphatic hydroxyl groups excluding tert-OH is 1. The van der Waals surface area contributed by atoms with Crippen molar-refractivity contribution in [1.29, 1.82) is 0 Å². The zero-order valence-electron chi connectivity index (χ0n) is 9.18. The van der Waals surface area contributed by atoms with Crippen LogP contribution in [0.25, 0.3) is 10.9 Å². The first-order valence-electron chi connectivity index (χ1n) is 5.54. The van der Waals surface area contributed by atoms with Crippen molar-refractivity contribution in [3.05, 3.63) is 18.0 Å². The predicted molar refractivity (Wildman–Crippen MR) is 61.6 cm³/mol. The van der Waals surface area contributed by atoms with Gasteiger partial charge in [-0.15, -0.1) is 0 Å². The summed E-state index contributed by atoms with van der Waals surface area (Å²) in [7, 11) is 0. The van der Waals surface area contributed by atoms with Gasteiger partial charge in [0, 0.05) is 19.0 Å². The van der Waals surface area contributed by atoms with Crippen LogP contribution in [0.15, 0.2) is 12.3 Å². The molecule has 1 aliphatic heterocycles. The molecule has 6 nitrogen and oxygen atoms in total. The van der Waals surface area contributed by atoms with Gasteiger partial charge in [-0.2, -0.15) is 5.10 Å². The third-order valence-electron chi connectivity index (χ3n) is 2.99. The van der Waals surface area contributed by atoms with Crippen LogP contribution in [-0.2, 0) is 11.2 Å². The molecule has 3 heterocycles. The number of rotatable bonds is 2. The molecule has 0 saturated carbocycles. The van der Waals surface area contributed by atoms with Gasteiger partial charge in [0.05, 0.1) is 29.7 Å². The van der Waals surface area contributed by atoms with Crippen LogP contribution in [-0.4, -0.2) is 39.3 Å². The number of nitrogens with one attached hydrogen (secondary N) is 1.